The maximum atomic E-state index is 12.3. The highest BCUT2D eigenvalue weighted by Gasteiger charge is 2.25. The van der Waals surface area contributed by atoms with E-state index in [0.29, 0.717) is 24.8 Å². The highest BCUT2D eigenvalue weighted by atomic mass is 16.5. The molecule has 1 saturated heterocycles. The van der Waals surface area contributed by atoms with Crippen molar-refractivity contribution in [2.75, 3.05) is 31.2 Å². The number of carbonyl (C=O) groups is 1. The number of hydrogen-bond donors (Lipinski definition) is 2. The van der Waals surface area contributed by atoms with E-state index in [-0.39, 0.29) is 18.1 Å². The molecule has 4 heterocycles. The van der Waals surface area contributed by atoms with Gasteiger partial charge in [-0.2, -0.15) is 4.98 Å². The van der Waals surface area contributed by atoms with Crippen LogP contribution in [0.15, 0.2) is 42.7 Å². The monoisotopic (exact) mass is 421 g/mol. The van der Waals surface area contributed by atoms with Gasteiger partial charge in [0, 0.05) is 37.6 Å². The number of fused-ring (bicyclic) bond motifs is 1. The van der Waals surface area contributed by atoms with E-state index in [1.165, 1.54) is 0 Å². The van der Waals surface area contributed by atoms with E-state index in [9.17, 15) is 4.79 Å². The van der Waals surface area contributed by atoms with Crippen LogP contribution < -0.4 is 15.0 Å². The van der Waals surface area contributed by atoms with Crippen LogP contribution in [-0.4, -0.2) is 59.3 Å². The van der Waals surface area contributed by atoms with Gasteiger partial charge in [0.15, 0.2) is 0 Å². The molecular weight excluding hydrogens is 394 g/mol. The molecule has 31 heavy (non-hydrogen) atoms. The third kappa shape index (κ3) is 4.49. The summed E-state index contributed by atoms with van der Waals surface area (Å²) in [4.78, 5) is 26.8. The zero-order chi connectivity index (χ0) is 21.0. The highest BCUT2D eigenvalue weighted by molar-refractivity contribution is 5.92. The lowest BCUT2D eigenvalue weighted by molar-refractivity contribution is 0.0887. The van der Waals surface area contributed by atoms with Crippen LogP contribution in [0.5, 0.6) is 5.88 Å². The van der Waals surface area contributed by atoms with E-state index >= 15 is 0 Å². The Labute approximate surface area is 181 Å². The molecule has 8 heteroatoms. The number of pyridine rings is 2. The van der Waals surface area contributed by atoms with E-state index < -0.39 is 0 Å². The number of aromatic amines is 1. The van der Waals surface area contributed by atoms with Crippen molar-refractivity contribution in [2.24, 2.45) is 0 Å². The molecule has 2 fully saturated rings. The number of anilines is 1. The normalized spacial score (nSPS) is 21.7. The molecular formula is C23H27N5O3. The molecule has 0 radical (unpaired) electrons. The first kappa shape index (κ1) is 19.8. The first-order chi connectivity index (χ1) is 15.3. The molecule has 0 atom stereocenters. The van der Waals surface area contributed by atoms with Crippen molar-refractivity contribution in [3.63, 3.8) is 0 Å². The van der Waals surface area contributed by atoms with Crippen molar-refractivity contribution >= 4 is 22.6 Å². The summed E-state index contributed by atoms with van der Waals surface area (Å²) >= 11 is 0. The van der Waals surface area contributed by atoms with Gasteiger partial charge < -0.3 is 24.7 Å². The number of morpholine rings is 1. The van der Waals surface area contributed by atoms with Crippen LogP contribution in [0.4, 0.5) is 5.82 Å². The van der Waals surface area contributed by atoms with Crippen LogP contribution >= 0.6 is 0 Å². The van der Waals surface area contributed by atoms with E-state index in [2.05, 4.69) is 20.2 Å². The predicted molar refractivity (Wildman–Crippen MR) is 118 cm³/mol. The second kappa shape index (κ2) is 8.93. The van der Waals surface area contributed by atoms with E-state index in [0.717, 1.165) is 55.5 Å². The maximum Gasteiger partial charge on any atom is 0.267 e. The van der Waals surface area contributed by atoms with Crippen LogP contribution in [0.3, 0.4) is 0 Å². The van der Waals surface area contributed by atoms with Crippen molar-refractivity contribution in [1.82, 2.24) is 20.3 Å². The SMILES string of the molecule is O=C(NC1CCC(Oc2nc(N3CCOCC3)cc3ncccc23)CC1)c1ccc[nH]1. The molecule has 3 aromatic heterocycles. The van der Waals surface area contributed by atoms with Gasteiger partial charge in [-0.3, -0.25) is 9.78 Å². The Hall–Kier alpha value is -3.13. The van der Waals surface area contributed by atoms with Gasteiger partial charge in [0.2, 0.25) is 5.88 Å². The molecule has 0 bridgehead atoms. The fourth-order valence-corrected chi connectivity index (χ4v) is 4.29. The first-order valence-electron chi connectivity index (χ1n) is 11.0. The summed E-state index contributed by atoms with van der Waals surface area (Å²) in [7, 11) is 0. The fourth-order valence-electron chi connectivity index (χ4n) is 4.29. The number of aromatic nitrogens is 3. The van der Waals surface area contributed by atoms with Gasteiger partial charge in [0.05, 0.1) is 24.1 Å². The van der Waals surface area contributed by atoms with Gasteiger partial charge in [-0.1, -0.05) is 0 Å². The molecule has 5 rings (SSSR count). The van der Waals surface area contributed by atoms with Crippen molar-refractivity contribution in [3.05, 3.63) is 48.4 Å². The summed E-state index contributed by atoms with van der Waals surface area (Å²) < 4.78 is 11.9. The van der Waals surface area contributed by atoms with E-state index in [4.69, 9.17) is 14.5 Å². The molecule has 0 spiro atoms. The van der Waals surface area contributed by atoms with Gasteiger partial charge in [-0.15, -0.1) is 0 Å². The van der Waals surface area contributed by atoms with Crippen molar-refractivity contribution in [2.45, 2.75) is 37.8 Å². The molecule has 0 unspecified atom stereocenters. The lowest BCUT2D eigenvalue weighted by Gasteiger charge is -2.31. The summed E-state index contributed by atoms with van der Waals surface area (Å²) in [5.74, 6) is 1.48. The minimum absolute atomic E-state index is 0.0497. The molecule has 1 amide bonds. The van der Waals surface area contributed by atoms with E-state index in [1.807, 2.05) is 24.3 Å². The highest BCUT2D eigenvalue weighted by Crippen LogP contribution is 2.31. The lowest BCUT2D eigenvalue weighted by Crippen LogP contribution is -2.40. The van der Waals surface area contributed by atoms with Crippen LogP contribution in [0.25, 0.3) is 10.9 Å². The molecule has 3 aromatic rings. The Bertz CT molecular complexity index is 1020. The number of carbonyl (C=O) groups excluding carboxylic acids is 1. The van der Waals surface area contributed by atoms with Crippen molar-refractivity contribution in [1.29, 1.82) is 0 Å². The zero-order valence-electron chi connectivity index (χ0n) is 17.4. The van der Waals surface area contributed by atoms with Crippen LogP contribution in [0.2, 0.25) is 0 Å². The third-order valence-corrected chi connectivity index (χ3v) is 6.02. The molecule has 1 saturated carbocycles. The molecule has 162 valence electrons. The molecule has 2 N–H and O–H groups in total. The van der Waals surface area contributed by atoms with Gasteiger partial charge in [-0.05, 0) is 49.9 Å². The number of nitrogens with zero attached hydrogens (tertiary/aromatic N) is 3. The average Bonchev–Trinajstić information content (AvgIpc) is 3.36. The number of hydrogen-bond acceptors (Lipinski definition) is 6. The Balaban J connectivity index is 1.26. The van der Waals surface area contributed by atoms with Gasteiger partial charge in [0.1, 0.15) is 17.6 Å². The van der Waals surface area contributed by atoms with Crippen LogP contribution in [0.1, 0.15) is 36.2 Å². The summed E-state index contributed by atoms with van der Waals surface area (Å²) in [6.07, 6.45) is 7.16. The zero-order valence-corrected chi connectivity index (χ0v) is 17.4. The minimum Gasteiger partial charge on any atom is -0.474 e. The summed E-state index contributed by atoms with van der Waals surface area (Å²) in [6, 6.07) is 9.74. The number of H-pyrrole nitrogens is 1. The third-order valence-electron chi connectivity index (χ3n) is 6.02. The fraction of sp³-hybridized carbons (Fsp3) is 0.435. The Morgan fingerprint density at radius 3 is 2.77 bits per heavy atom. The number of rotatable bonds is 5. The number of amides is 1. The molecule has 2 aliphatic rings. The lowest BCUT2D eigenvalue weighted by atomic mass is 9.93. The van der Waals surface area contributed by atoms with Crippen molar-refractivity contribution in [3.8, 4) is 5.88 Å². The summed E-state index contributed by atoms with van der Waals surface area (Å²) in [5.41, 5.74) is 1.49. The van der Waals surface area contributed by atoms with Gasteiger partial charge in [0.25, 0.3) is 5.91 Å². The minimum atomic E-state index is -0.0497. The largest absolute Gasteiger partial charge is 0.474 e. The van der Waals surface area contributed by atoms with Gasteiger partial charge in [-0.25, -0.2) is 0 Å². The number of ether oxygens (including phenoxy) is 2. The Morgan fingerprint density at radius 2 is 2.00 bits per heavy atom. The standard InChI is InChI=1S/C23H27N5O3/c29-22(19-4-2-10-24-19)26-16-5-7-17(8-6-16)31-23-18-3-1-9-25-20(18)15-21(27-23)28-11-13-30-14-12-28/h1-4,9-10,15-17,24H,5-8,11-14H2,(H,26,29). The summed E-state index contributed by atoms with van der Waals surface area (Å²) in [5, 5.41) is 4.05. The van der Waals surface area contributed by atoms with E-state index in [1.54, 1.807) is 18.5 Å². The molecule has 0 aromatic carbocycles. The topological polar surface area (TPSA) is 92.4 Å². The molecule has 8 nitrogen and oxygen atoms in total. The quantitative estimate of drug-likeness (QED) is 0.658. The second-order valence-electron chi connectivity index (χ2n) is 8.10. The maximum absolute atomic E-state index is 12.3. The van der Waals surface area contributed by atoms with Crippen LogP contribution in [0, 0.1) is 0 Å². The summed E-state index contributed by atoms with van der Waals surface area (Å²) in [6.45, 7) is 3.04. The predicted octanol–water partition coefficient (Wildman–Crippen LogP) is 2.91. The average molecular weight is 422 g/mol. The Kier molecular flexibility index (Phi) is 5.71. The Morgan fingerprint density at radius 1 is 1.16 bits per heavy atom. The van der Waals surface area contributed by atoms with Crippen molar-refractivity contribution < 1.29 is 14.3 Å². The first-order valence-corrected chi connectivity index (χ1v) is 11.0. The van der Waals surface area contributed by atoms with Gasteiger partial charge >= 0.3 is 0 Å². The molecule has 1 aliphatic heterocycles. The second-order valence-corrected chi connectivity index (χ2v) is 8.10. The van der Waals surface area contributed by atoms with Crippen LogP contribution in [-0.2, 0) is 4.74 Å². The molecule has 1 aliphatic carbocycles. The number of nitrogens with one attached hydrogen (secondary N) is 2. The smallest absolute Gasteiger partial charge is 0.267 e.